The third-order valence-electron chi connectivity index (χ3n) is 6.53. The van der Waals surface area contributed by atoms with Gasteiger partial charge in [0, 0.05) is 31.6 Å². The summed E-state index contributed by atoms with van der Waals surface area (Å²) in [6.07, 6.45) is 4.45. The molecule has 3 aliphatic heterocycles. The fourth-order valence-corrected chi connectivity index (χ4v) is 6.08. The van der Waals surface area contributed by atoms with Crippen molar-refractivity contribution in [1.82, 2.24) is 15.1 Å². The SMILES string of the molecule is Nc1nnc(N2C[C@H]3C[C@@H](C2)[C@H](Cc2cccc(F)c2)N2C(=O)CCC[C@@H]32)s1. The Balaban J connectivity index is 1.47. The summed E-state index contributed by atoms with van der Waals surface area (Å²) >= 11 is 1.42. The van der Waals surface area contributed by atoms with Crippen LogP contribution in [-0.4, -0.2) is 46.2 Å². The highest BCUT2D eigenvalue weighted by atomic mass is 32.1. The van der Waals surface area contributed by atoms with Gasteiger partial charge in [0.1, 0.15) is 5.82 Å². The van der Waals surface area contributed by atoms with E-state index in [1.807, 2.05) is 6.07 Å². The smallest absolute Gasteiger partial charge is 0.223 e. The summed E-state index contributed by atoms with van der Waals surface area (Å²) < 4.78 is 13.8. The summed E-state index contributed by atoms with van der Waals surface area (Å²) in [5, 5.41) is 9.57. The van der Waals surface area contributed by atoms with E-state index >= 15 is 0 Å². The van der Waals surface area contributed by atoms with Gasteiger partial charge in [0.25, 0.3) is 0 Å². The molecule has 0 aliphatic carbocycles. The van der Waals surface area contributed by atoms with Crippen molar-refractivity contribution < 1.29 is 9.18 Å². The molecule has 3 saturated heterocycles. The number of nitrogens with zero attached hydrogens (tertiary/aromatic N) is 4. The van der Waals surface area contributed by atoms with Gasteiger partial charge in [0.15, 0.2) is 0 Å². The number of aromatic nitrogens is 2. The van der Waals surface area contributed by atoms with Crippen LogP contribution in [0.4, 0.5) is 14.7 Å². The van der Waals surface area contributed by atoms with Crippen molar-refractivity contribution in [2.45, 2.75) is 44.2 Å². The Morgan fingerprint density at radius 2 is 2.11 bits per heavy atom. The van der Waals surface area contributed by atoms with Crippen LogP contribution >= 0.6 is 11.3 Å². The summed E-state index contributed by atoms with van der Waals surface area (Å²) in [5.41, 5.74) is 6.76. The maximum atomic E-state index is 13.8. The number of benzene rings is 1. The van der Waals surface area contributed by atoms with E-state index in [0.717, 1.165) is 43.0 Å². The number of anilines is 2. The molecule has 3 fully saturated rings. The zero-order valence-electron chi connectivity index (χ0n) is 15.6. The van der Waals surface area contributed by atoms with Gasteiger partial charge < -0.3 is 15.5 Å². The third kappa shape index (κ3) is 3.13. The van der Waals surface area contributed by atoms with Gasteiger partial charge >= 0.3 is 0 Å². The normalized spacial score (nSPS) is 29.7. The molecule has 3 aliphatic rings. The third-order valence-corrected chi connectivity index (χ3v) is 7.34. The second-order valence-electron chi connectivity index (χ2n) is 8.25. The van der Waals surface area contributed by atoms with E-state index in [9.17, 15) is 9.18 Å². The zero-order chi connectivity index (χ0) is 19.3. The maximum absolute atomic E-state index is 13.8. The molecule has 5 rings (SSSR count). The largest absolute Gasteiger partial charge is 0.374 e. The second kappa shape index (κ2) is 6.99. The Morgan fingerprint density at radius 1 is 1.25 bits per heavy atom. The van der Waals surface area contributed by atoms with E-state index in [1.54, 1.807) is 12.1 Å². The van der Waals surface area contributed by atoms with Crippen molar-refractivity contribution in [3.63, 3.8) is 0 Å². The predicted octanol–water partition coefficient (Wildman–Crippen LogP) is 2.71. The van der Waals surface area contributed by atoms with E-state index in [2.05, 4.69) is 20.0 Å². The molecule has 4 heterocycles. The maximum Gasteiger partial charge on any atom is 0.223 e. The molecule has 1 aromatic heterocycles. The van der Waals surface area contributed by atoms with Gasteiger partial charge in [-0.25, -0.2) is 4.39 Å². The summed E-state index contributed by atoms with van der Waals surface area (Å²) in [6, 6.07) is 7.15. The fourth-order valence-electron chi connectivity index (χ4n) is 5.45. The van der Waals surface area contributed by atoms with Crippen LogP contribution in [0.15, 0.2) is 24.3 Å². The Hall–Kier alpha value is -2.22. The first kappa shape index (κ1) is 17.8. The number of carbonyl (C=O) groups excluding carboxylic acids is 1. The van der Waals surface area contributed by atoms with Crippen LogP contribution in [0.1, 0.15) is 31.2 Å². The fraction of sp³-hybridized carbons (Fsp3) is 0.550. The van der Waals surface area contributed by atoms with Crippen LogP contribution < -0.4 is 10.6 Å². The van der Waals surface area contributed by atoms with E-state index in [1.165, 1.54) is 17.4 Å². The Kier molecular flexibility index (Phi) is 4.45. The van der Waals surface area contributed by atoms with Crippen molar-refractivity contribution in [2.75, 3.05) is 23.7 Å². The molecule has 2 bridgehead atoms. The summed E-state index contributed by atoms with van der Waals surface area (Å²) in [6.45, 7) is 1.73. The molecule has 1 aromatic carbocycles. The van der Waals surface area contributed by atoms with Gasteiger partial charge in [-0.05, 0) is 55.2 Å². The number of nitrogen functional groups attached to an aromatic ring is 1. The monoisotopic (exact) mass is 401 g/mol. The minimum atomic E-state index is -0.220. The molecule has 0 saturated carbocycles. The van der Waals surface area contributed by atoms with E-state index in [4.69, 9.17) is 5.73 Å². The second-order valence-corrected chi connectivity index (χ2v) is 9.23. The Bertz CT molecular complexity index is 889. The molecule has 8 heteroatoms. The lowest BCUT2D eigenvalue weighted by atomic mass is 9.71. The van der Waals surface area contributed by atoms with Crippen LogP contribution in [-0.2, 0) is 11.2 Å². The lowest BCUT2D eigenvalue weighted by Crippen LogP contribution is -2.65. The summed E-state index contributed by atoms with van der Waals surface area (Å²) in [5.74, 6) is 0.825. The zero-order valence-corrected chi connectivity index (χ0v) is 16.4. The van der Waals surface area contributed by atoms with Crippen LogP contribution in [0.25, 0.3) is 0 Å². The van der Waals surface area contributed by atoms with Crippen molar-refractivity contribution in [1.29, 1.82) is 0 Å². The number of nitrogens with two attached hydrogens (primary N) is 1. The molecule has 28 heavy (non-hydrogen) atoms. The molecule has 0 radical (unpaired) electrons. The van der Waals surface area contributed by atoms with Crippen LogP contribution in [0.2, 0.25) is 0 Å². The number of amides is 1. The van der Waals surface area contributed by atoms with E-state index in [-0.39, 0.29) is 23.8 Å². The lowest BCUT2D eigenvalue weighted by Gasteiger charge is -2.56. The average molecular weight is 402 g/mol. The van der Waals surface area contributed by atoms with Crippen LogP contribution in [0, 0.1) is 17.7 Å². The minimum absolute atomic E-state index is 0.101. The first-order chi connectivity index (χ1) is 13.6. The number of fused-ring (bicyclic) bond motifs is 4. The molecule has 148 valence electrons. The number of halogens is 1. The molecule has 6 nitrogen and oxygen atoms in total. The van der Waals surface area contributed by atoms with Crippen molar-refractivity contribution in [3.05, 3.63) is 35.6 Å². The van der Waals surface area contributed by atoms with Crippen molar-refractivity contribution >= 4 is 27.5 Å². The minimum Gasteiger partial charge on any atom is -0.374 e. The van der Waals surface area contributed by atoms with Crippen molar-refractivity contribution in [3.8, 4) is 0 Å². The predicted molar refractivity (Wildman–Crippen MR) is 107 cm³/mol. The van der Waals surface area contributed by atoms with Gasteiger partial charge in [0.2, 0.25) is 16.2 Å². The van der Waals surface area contributed by atoms with Gasteiger partial charge in [0.05, 0.1) is 0 Å². The van der Waals surface area contributed by atoms with Gasteiger partial charge in [-0.1, -0.05) is 23.5 Å². The van der Waals surface area contributed by atoms with Crippen molar-refractivity contribution in [2.24, 2.45) is 11.8 Å². The number of piperidine rings is 3. The Labute approximate surface area is 167 Å². The van der Waals surface area contributed by atoms with Crippen LogP contribution in [0.5, 0.6) is 0 Å². The standard InChI is InChI=1S/C20H24FN5OS/c21-15-4-1-3-12(7-15)8-17-14-9-13(16-5-2-6-18(27)26(16)17)10-25(11-14)20-24-23-19(22)28-20/h1,3-4,7,13-14,16-17H,2,5-6,8-11H2,(H2,22,23)/t13-,14+,16+,17+/m1/s1. The van der Waals surface area contributed by atoms with Crippen LogP contribution in [0.3, 0.4) is 0 Å². The first-order valence-corrected chi connectivity index (χ1v) is 10.8. The Morgan fingerprint density at radius 3 is 2.89 bits per heavy atom. The quantitative estimate of drug-likeness (QED) is 0.856. The molecular formula is C20H24FN5OS. The molecule has 4 atom stereocenters. The highest BCUT2D eigenvalue weighted by Gasteiger charge is 2.49. The molecule has 2 N–H and O–H groups in total. The number of hydrogen-bond donors (Lipinski definition) is 1. The first-order valence-electron chi connectivity index (χ1n) is 9.98. The lowest BCUT2D eigenvalue weighted by molar-refractivity contribution is -0.148. The molecular weight excluding hydrogens is 377 g/mol. The van der Waals surface area contributed by atoms with E-state index in [0.29, 0.717) is 29.8 Å². The molecule has 0 unspecified atom stereocenters. The summed E-state index contributed by atoms with van der Waals surface area (Å²) in [4.78, 5) is 17.3. The summed E-state index contributed by atoms with van der Waals surface area (Å²) in [7, 11) is 0. The number of carbonyl (C=O) groups is 1. The average Bonchev–Trinajstić information content (AvgIpc) is 3.12. The highest BCUT2D eigenvalue weighted by molar-refractivity contribution is 7.18. The molecule has 2 aromatic rings. The van der Waals surface area contributed by atoms with Gasteiger partial charge in [-0.15, -0.1) is 10.2 Å². The van der Waals surface area contributed by atoms with Gasteiger partial charge in [-0.3, -0.25) is 4.79 Å². The topological polar surface area (TPSA) is 75.3 Å². The highest BCUT2D eigenvalue weighted by Crippen LogP contribution is 2.43. The number of hydrogen-bond acceptors (Lipinski definition) is 6. The molecule has 1 amide bonds. The van der Waals surface area contributed by atoms with E-state index < -0.39 is 0 Å². The number of rotatable bonds is 3. The molecule has 0 spiro atoms. The van der Waals surface area contributed by atoms with Gasteiger partial charge in [-0.2, -0.15) is 0 Å².